The Morgan fingerprint density at radius 2 is 2.29 bits per heavy atom. The summed E-state index contributed by atoms with van der Waals surface area (Å²) in [5.41, 5.74) is -0.538. The fraction of sp³-hybridized carbons (Fsp3) is 0.385. The molecular formula is C13H14ClNO2. The molecule has 1 aromatic carbocycles. The molecular weight excluding hydrogens is 238 g/mol. The Hall–Kier alpha value is -1.53. The average molecular weight is 252 g/mol. The van der Waals surface area contributed by atoms with Gasteiger partial charge in [0.15, 0.2) is 5.78 Å². The molecule has 0 heterocycles. The monoisotopic (exact) mass is 251 g/mol. The molecule has 0 saturated carbocycles. The molecule has 90 valence electrons. The molecule has 4 heteroatoms. The van der Waals surface area contributed by atoms with Crippen molar-refractivity contribution in [2.75, 3.05) is 13.0 Å². The van der Waals surface area contributed by atoms with E-state index in [4.69, 9.17) is 16.3 Å². The van der Waals surface area contributed by atoms with E-state index in [9.17, 15) is 10.1 Å². The summed E-state index contributed by atoms with van der Waals surface area (Å²) in [6.07, 6.45) is 0.299. The Kier molecular flexibility index (Phi) is 4.53. The van der Waals surface area contributed by atoms with Crippen molar-refractivity contribution in [1.82, 2.24) is 0 Å². The number of Topliss-reactive ketones (excluding diaryl/α,β-unsaturated/α-hetero) is 1. The first-order valence-corrected chi connectivity index (χ1v) is 5.77. The average Bonchev–Trinajstić information content (AvgIpc) is 2.35. The van der Waals surface area contributed by atoms with Crippen molar-refractivity contribution in [2.45, 2.75) is 18.8 Å². The molecule has 0 spiro atoms. The number of ketones is 1. The number of nitrogens with zero attached hydrogens (tertiary/aromatic N) is 1. The highest BCUT2D eigenvalue weighted by Crippen LogP contribution is 2.31. The molecule has 0 amide bonds. The van der Waals surface area contributed by atoms with Gasteiger partial charge in [-0.25, -0.2) is 0 Å². The van der Waals surface area contributed by atoms with Crippen LogP contribution in [0.1, 0.15) is 18.9 Å². The number of halogens is 1. The third-order valence-electron chi connectivity index (χ3n) is 2.82. The predicted octanol–water partition coefficient (Wildman–Crippen LogP) is 2.67. The Morgan fingerprint density at radius 1 is 1.59 bits per heavy atom. The van der Waals surface area contributed by atoms with E-state index in [1.807, 2.05) is 0 Å². The van der Waals surface area contributed by atoms with Gasteiger partial charge in [0, 0.05) is 5.88 Å². The molecule has 0 saturated heterocycles. The molecule has 1 rings (SSSR count). The topological polar surface area (TPSA) is 50.1 Å². The fourth-order valence-corrected chi connectivity index (χ4v) is 2.04. The third kappa shape index (κ3) is 2.59. The van der Waals surface area contributed by atoms with Crippen molar-refractivity contribution in [2.24, 2.45) is 0 Å². The van der Waals surface area contributed by atoms with Crippen LogP contribution in [0, 0.1) is 11.3 Å². The van der Waals surface area contributed by atoms with E-state index in [2.05, 4.69) is 6.07 Å². The second-order valence-corrected chi connectivity index (χ2v) is 4.12. The fourth-order valence-electron chi connectivity index (χ4n) is 1.75. The molecule has 0 fully saturated rings. The van der Waals surface area contributed by atoms with Crippen molar-refractivity contribution in [3.8, 4) is 11.8 Å². The number of ether oxygens (including phenoxy) is 1. The van der Waals surface area contributed by atoms with Crippen LogP contribution in [0.3, 0.4) is 0 Å². The number of hydrogen-bond donors (Lipinski definition) is 0. The molecule has 0 radical (unpaired) electrons. The summed E-state index contributed by atoms with van der Waals surface area (Å²) < 4.78 is 5.10. The Bertz CT molecular complexity index is 453. The van der Waals surface area contributed by atoms with E-state index < -0.39 is 5.41 Å². The summed E-state index contributed by atoms with van der Waals surface area (Å²) in [6, 6.07) is 9.08. The van der Waals surface area contributed by atoms with Crippen molar-refractivity contribution in [3.05, 3.63) is 29.8 Å². The molecule has 1 aromatic rings. The maximum Gasteiger partial charge on any atom is 0.154 e. The lowest BCUT2D eigenvalue weighted by Crippen LogP contribution is -2.33. The smallest absolute Gasteiger partial charge is 0.154 e. The van der Waals surface area contributed by atoms with Gasteiger partial charge in [0.25, 0.3) is 0 Å². The van der Waals surface area contributed by atoms with Gasteiger partial charge in [0.1, 0.15) is 11.2 Å². The normalized spacial score (nSPS) is 13.5. The summed E-state index contributed by atoms with van der Waals surface area (Å²) >= 11 is 5.70. The van der Waals surface area contributed by atoms with E-state index in [-0.39, 0.29) is 11.7 Å². The summed E-state index contributed by atoms with van der Waals surface area (Å²) in [4.78, 5) is 11.8. The number of alkyl halides is 1. The van der Waals surface area contributed by atoms with Gasteiger partial charge >= 0.3 is 0 Å². The number of methoxy groups -OCH3 is 1. The number of hydrogen-bond acceptors (Lipinski definition) is 3. The van der Waals surface area contributed by atoms with Crippen LogP contribution in [-0.4, -0.2) is 18.8 Å². The lowest BCUT2D eigenvalue weighted by Gasteiger charge is -2.23. The highest BCUT2D eigenvalue weighted by molar-refractivity contribution is 6.18. The lowest BCUT2D eigenvalue weighted by molar-refractivity contribution is -0.120. The highest BCUT2D eigenvalue weighted by Gasteiger charge is 2.37. The number of carbonyl (C=O) groups is 1. The molecule has 3 nitrogen and oxygen atoms in total. The Morgan fingerprint density at radius 3 is 2.76 bits per heavy atom. The minimum absolute atomic E-state index is 0.200. The van der Waals surface area contributed by atoms with Crippen LogP contribution >= 0.6 is 11.6 Å². The molecule has 0 aromatic heterocycles. The lowest BCUT2D eigenvalue weighted by atomic mass is 9.76. The minimum atomic E-state index is -1.17. The van der Waals surface area contributed by atoms with E-state index in [1.165, 1.54) is 6.92 Å². The van der Waals surface area contributed by atoms with E-state index in [1.54, 1.807) is 31.4 Å². The zero-order chi connectivity index (χ0) is 12.9. The number of benzene rings is 1. The first kappa shape index (κ1) is 13.5. The second-order valence-electron chi connectivity index (χ2n) is 3.74. The van der Waals surface area contributed by atoms with Crippen LogP contribution in [0.15, 0.2) is 24.3 Å². The summed E-state index contributed by atoms with van der Waals surface area (Å²) in [5.74, 6) is 0.677. The van der Waals surface area contributed by atoms with Crippen molar-refractivity contribution < 1.29 is 9.53 Å². The summed E-state index contributed by atoms with van der Waals surface area (Å²) in [7, 11) is 1.54. The van der Waals surface area contributed by atoms with E-state index in [0.717, 1.165) is 0 Å². The first-order valence-electron chi connectivity index (χ1n) is 5.23. The molecule has 0 aliphatic heterocycles. The molecule has 0 N–H and O–H groups in total. The van der Waals surface area contributed by atoms with Crippen LogP contribution < -0.4 is 4.74 Å². The van der Waals surface area contributed by atoms with Gasteiger partial charge in [-0.2, -0.15) is 5.26 Å². The quantitative estimate of drug-likeness (QED) is 0.756. The van der Waals surface area contributed by atoms with Crippen molar-refractivity contribution >= 4 is 17.4 Å². The van der Waals surface area contributed by atoms with Crippen molar-refractivity contribution in [3.63, 3.8) is 0 Å². The predicted molar refractivity (Wildman–Crippen MR) is 66.3 cm³/mol. The van der Waals surface area contributed by atoms with E-state index in [0.29, 0.717) is 17.7 Å². The zero-order valence-corrected chi connectivity index (χ0v) is 10.6. The van der Waals surface area contributed by atoms with Gasteiger partial charge in [0.05, 0.1) is 13.2 Å². The van der Waals surface area contributed by atoms with Gasteiger partial charge in [-0.3, -0.25) is 4.79 Å². The van der Waals surface area contributed by atoms with Gasteiger partial charge in [-0.1, -0.05) is 12.1 Å². The summed E-state index contributed by atoms with van der Waals surface area (Å²) in [6.45, 7) is 1.41. The van der Waals surface area contributed by atoms with Gasteiger partial charge in [-0.15, -0.1) is 11.6 Å². The number of nitriles is 1. The largest absolute Gasteiger partial charge is 0.497 e. The van der Waals surface area contributed by atoms with Crippen LogP contribution in [0.5, 0.6) is 5.75 Å². The molecule has 0 bridgehead atoms. The standard InChI is InChI=1S/C13H14ClNO2/c1-10(16)13(9-15,6-7-14)11-4-3-5-12(8-11)17-2/h3-5,8H,6-7H2,1-2H3. The van der Waals surface area contributed by atoms with Crippen LogP contribution in [0.2, 0.25) is 0 Å². The van der Waals surface area contributed by atoms with Crippen molar-refractivity contribution in [1.29, 1.82) is 5.26 Å². The third-order valence-corrected chi connectivity index (χ3v) is 3.01. The maximum absolute atomic E-state index is 11.8. The highest BCUT2D eigenvalue weighted by atomic mass is 35.5. The Labute approximate surface area is 106 Å². The molecule has 0 aliphatic rings. The molecule has 1 unspecified atom stereocenters. The first-order chi connectivity index (χ1) is 8.10. The molecule has 0 aliphatic carbocycles. The maximum atomic E-state index is 11.8. The zero-order valence-electron chi connectivity index (χ0n) is 9.87. The minimum Gasteiger partial charge on any atom is -0.497 e. The molecule has 17 heavy (non-hydrogen) atoms. The van der Waals surface area contributed by atoms with Crippen LogP contribution in [0.25, 0.3) is 0 Å². The van der Waals surface area contributed by atoms with Gasteiger partial charge < -0.3 is 4.74 Å². The van der Waals surface area contributed by atoms with Crippen LogP contribution in [0.4, 0.5) is 0 Å². The van der Waals surface area contributed by atoms with Crippen LogP contribution in [-0.2, 0) is 10.2 Å². The second kappa shape index (κ2) is 5.70. The summed E-state index contributed by atoms with van der Waals surface area (Å²) in [5, 5.41) is 9.32. The van der Waals surface area contributed by atoms with Gasteiger partial charge in [0.2, 0.25) is 0 Å². The van der Waals surface area contributed by atoms with E-state index >= 15 is 0 Å². The number of carbonyl (C=O) groups excluding carboxylic acids is 1. The number of rotatable bonds is 5. The van der Waals surface area contributed by atoms with Gasteiger partial charge in [-0.05, 0) is 31.0 Å². The molecule has 1 atom stereocenters. The SMILES string of the molecule is COc1cccc(C(C#N)(CCCl)C(C)=O)c1. The Balaban J connectivity index is 3.31.